The van der Waals surface area contributed by atoms with Gasteiger partial charge in [-0.15, -0.1) is 0 Å². The number of hydrogen-bond donors (Lipinski definition) is 1. The maximum Gasteiger partial charge on any atom is 0.344 e. The van der Waals surface area contributed by atoms with E-state index in [9.17, 15) is 9.59 Å². The smallest absolute Gasteiger partial charge is 0.344 e. The number of nitrogens with one attached hydrogen (secondary N) is 1. The number of benzene rings is 2. The highest BCUT2D eigenvalue weighted by Gasteiger charge is 2.11. The van der Waals surface area contributed by atoms with Crippen molar-refractivity contribution in [2.45, 2.75) is 26.7 Å². The average Bonchev–Trinajstić information content (AvgIpc) is 2.66. The van der Waals surface area contributed by atoms with Crippen molar-refractivity contribution in [1.82, 2.24) is 0 Å². The minimum atomic E-state index is -0.626. The number of anilines is 1. The van der Waals surface area contributed by atoms with Gasteiger partial charge in [0.2, 0.25) is 0 Å². The van der Waals surface area contributed by atoms with Crippen molar-refractivity contribution in [2.75, 3.05) is 18.5 Å². The summed E-state index contributed by atoms with van der Waals surface area (Å²) in [7, 11) is 0. The SMILES string of the molecule is Cc1ccc(C(C)C)cc1OCC(=O)OCC(=O)Nc1ccc(C#N)cc1. The number of esters is 1. The van der Waals surface area contributed by atoms with Crippen LogP contribution in [0.2, 0.25) is 0 Å². The molecule has 0 aromatic heterocycles. The topological polar surface area (TPSA) is 88.4 Å². The second-order valence-corrected chi connectivity index (χ2v) is 6.37. The Morgan fingerprint density at radius 3 is 2.44 bits per heavy atom. The Balaban J connectivity index is 1.79. The fourth-order valence-corrected chi connectivity index (χ4v) is 2.28. The van der Waals surface area contributed by atoms with Crippen molar-refractivity contribution in [2.24, 2.45) is 0 Å². The molecule has 0 radical (unpaired) electrons. The van der Waals surface area contributed by atoms with Crippen LogP contribution in [0.4, 0.5) is 5.69 Å². The van der Waals surface area contributed by atoms with E-state index >= 15 is 0 Å². The van der Waals surface area contributed by atoms with Gasteiger partial charge in [-0.05, 0) is 54.3 Å². The van der Waals surface area contributed by atoms with E-state index in [0.717, 1.165) is 11.1 Å². The van der Waals surface area contributed by atoms with Gasteiger partial charge in [-0.2, -0.15) is 5.26 Å². The summed E-state index contributed by atoms with van der Waals surface area (Å²) >= 11 is 0. The third kappa shape index (κ3) is 6.15. The molecule has 0 aliphatic rings. The fraction of sp³-hybridized carbons (Fsp3) is 0.286. The molecule has 0 saturated heterocycles. The molecule has 0 aliphatic carbocycles. The third-order valence-electron chi connectivity index (χ3n) is 3.89. The zero-order chi connectivity index (χ0) is 19.8. The van der Waals surface area contributed by atoms with Gasteiger partial charge in [-0.25, -0.2) is 4.79 Å². The summed E-state index contributed by atoms with van der Waals surface area (Å²) < 4.78 is 10.5. The first-order valence-corrected chi connectivity index (χ1v) is 8.58. The molecule has 2 aromatic carbocycles. The van der Waals surface area contributed by atoms with E-state index < -0.39 is 18.5 Å². The Morgan fingerprint density at radius 1 is 1.11 bits per heavy atom. The lowest BCUT2D eigenvalue weighted by Crippen LogP contribution is -2.23. The summed E-state index contributed by atoms with van der Waals surface area (Å²) in [5, 5.41) is 11.3. The number of aryl methyl sites for hydroxylation is 1. The minimum absolute atomic E-state index is 0.271. The van der Waals surface area contributed by atoms with E-state index in [1.54, 1.807) is 24.3 Å². The van der Waals surface area contributed by atoms with E-state index in [2.05, 4.69) is 19.2 Å². The van der Waals surface area contributed by atoms with Crippen LogP contribution >= 0.6 is 0 Å². The summed E-state index contributed by atoms with van der Waals surface area (Å²) in [6.07, 6.45) is 0. The molecule has 2 aromatic rings. The Hall–Kier alpha value is -3.33. The lowest BCUT2D eigenvalue weighted by Gasteiger charge is -2.12. The summed E-state index contributed by atoms with van der Waals surface area (Å²) in [5.74, 6) is -0.114. The van der Waals surface area contributed by atoms with E-state index in [1.165, 1.54) is 0 Å². The van der Waals surface area contributed by atoms with Gasteiger partial charge in [-0.3, -0.25) is 4.79 Å². The molecule has 6 nitrogen and oxygen atoms in total. The fourth-order valence-electron chi connectivity index (χ4n) is 2.28. The van der Waals surface area contributed by atoms with Gasteiger partial charge in [0, 0.05) is 5.69 Å². The highest BCUT2D eigenvalue weighted by Crippen LogP contribution is 2.24. The monoisotopic (exact) mass is 366 g/mol. The van der Waals surface area contributed by atoms with Crippen molar-refractivity contribution >= 4 is 17.6 Å². The van der Waals surface area contributed by atoms with Crippen LogP contribution in [-0.4, -0.2) is 25.1 Å². The van der Waals surface area contributed by atoms with Crippen molar-refractivity contribution in [3.05, 3.63) is 59.2 Å². The molecule has 6 heteroatoms. The first-order valence-electron chi connectivity index (χ1n) is 8.58. The number of rotatable bonds is 7. The quantitative estimate of drug-likeness (QED) is 0.757. The van der Waals surface area contributed by atoms with Gasteiger partial charge in [-0.1, -0.05) is 26.0 Å². The molecular formula is C21H22N2O4. The Bertz CT molecular complexity index is 851. The van der Waals surface area contributed by atoms with Gasteiger partial charge in [0.25, 0.3) is 5.91 Å². The maximum absolute atomic E-state index is 11.8. The van der Waals surface area contributed by atoms with Gasteiger partial charge in [0.15, 0.2) is 13.2 Å². The molecule has 140 valence electrons. The van der Waals surface area contributed by atoms with Crippen molar-refractivity contribution in [1.29, 1.82) is 5.26 Å². The lowest BCUT2D eigenvalue weighted by atomic mass is 10.0. The second kappa shape index (κ2) is 9.39. The molecule has 1 N–H and O–H groups in total. The van der Waals surface area contributed by atoms with E-state index in [4.69, 9.17) is 14.7 Å². The molecule has 0 heterocycles. The summed E-state index contributed by atoms with van der Waals surface area (Å²) in [5.41, 5.74) is 3.05. The number of nitriles is 1. The van der Waals surface area contributed by atoms with E-state index in [-0.39, 0.29) is 6.61 Å². The Labute approximate surface area is 158 Å². The first kappa shape index (κ1) is 20.0. The van der Waals surface area contributed by atoms with Crippen LogP contribution in [0.5, 0.6) is 5.75 Å². The molecule has 0 spiro atoms. The third-order valence-corrected chi connectivity index (χ3v) is 3.89. The van der Waals surface area contributed by atoms with Crippen LogP contribution in [0, 0.1) is 18.3 Å². The minimum Gasteiger partial charge on any atom is -0.482 e. The molecule has 2 rings (SSSR count). The summed E-state index contributed by atoms with van der Waals surface area (Å²) in [6.45, 7) is 5.37. The van der Waals surface area contributed by atoms with Crippen molar-refractivity contribution in [3.8, 4) is 11.8 Å². The summed E-state index contributed by atoms with van der Waals surface area (Å²) in [6, 6.07) is 14.3. The number of carbonyl (C=O) groups is 2. The van der Waals surface area contributed by atoms with Crippen LogP contribution in [0.3, 0.4) is 0 Å². The van der Waals surface area contributed by atoms with Crippen LogP contribution in [0.25, 0.3) is 0 Å². The Morgan fingerprint density at radius 2 is 1.81 bits per heavy atom. The summed E-state index contributed by atoms with van der Waals surface area (Å²) in [4.78, 5) is 23.6. The number of carbonyl (C=O) groups excluding carboxylic acids is 2. The predicted octanol–water partition coefficient (Wildman–Crippen LogP) is 3.55. The van der Waals surface area contributed by atoms with Crippen LogP contribution in [-0.2, 0) is 14.3 Å². The molecule has 0 aliphatic heterocycles. The van der Waals surface area contributed by atoms with Gasteiger partial charge >= 0.3 is 5.97 Å². The zero-order valence-electron chi connectivity index (χ0n) is 15.6. The first-order chi connectivity index (χ1) is 12.9. The largest absolute Gasteiger partial charge is 0.482 e. The van der Waals surface area contributed by atoms with Crippen LogP contribution in [0.15, 0.2) is 42.5 Å². The normalized spacial score (nSPS) is 10.2. The number of amides is 1. The van der Waals surface area contributed by atoms with Gasteiger partial charge < -0.3 is 14.8 Å². The molecule has 0 saturated carbocycles. The molecule has 0 bridgehead atoms. The molecule has 1 amide bonds. The molecule has 0 fully saturated rings. The lowest BCUT2D eigenvalue weighted by molar-refractivity contribution is -0.149. The second-order valence-electron chi connectivity index (χ2n) is 6.37. The van der Waals surface area contributed by atoms with Crippen molar-refractivity contribution < 1.29 is 19.1 Å². The zero-order valence-corrected chi connectivity index (χ0v) is 15.6. The number of hydrogen-bond acceptors (Lipinski definition) is 5. The molecule has 0 atom stereocenters. The van der Waals surface area contributed by atoms with E-state index in [0.29, 0.717) is 22.9 Å². The predicted molar refractivity (Wildman–Crippen MR) is 102 cm³/mol. The van der Waals surface area contributed by atoms with Crippen LogP contribution in [0.1, 0.15) is 36.5 Å². The van der Waals surface area contributed by atoms with Crippen molar-refractivity contribution in [3.63, 3.8) is 0 Å². The molecular weight excluding hydrogens is 344 g/mol. The maximum atomic E-state index is 11.8. The number of nitrogens with zero attached hydrogens (tertiary/aromatic N) is 1. The Kier molecular flexibility index (Phi) is 6.95. The molecule has 27 heavy (non-hydrogen) atoms. The highest BCUT2D eigenvalue weighted by molar-refractivity contribution is 5.92. The van der Waals surface area contributed by atoms with Gasteiger partial charge in [0.1, 0.15) is 5.75 Å². The van der Waals surface area contributed by atoms with Gasteiger partial charge in [0.05, 0.1) is 11.6 Å². The van der Waals surface area contributed by atoms with Crippen LogP contribution < -0.4 is 10.1 Å². The molecule has 0 unspecified atom stereocenters. The average molecular weight is 366 g/mol. The highest BCUT2D eigenvalue weighted by atomic mass is 16.6. The standard InChI is InChI=1S/C21H22N2O4/c1-14(2)17-7-4-15(3)19(10-17)26-13-21(25)27-12-20(24)23-18-8-5-16(11-22)6-9-18/h4-10,14H,12-13H2,1-3H3,(H,23,24). The number of ether oxygens (including phenoxy) is 2. The van der Waals surface area contributed by atoms with E-state index in [1.807, 2.05) is 31.2 Å².